The second-order valence-electron chi connectivity index (χ2n) is 4.82. The largest absolute Gasteiger partial charge is 0.497 e. The molecule has 5 heteroatoms. The minimum absolute atomic E-state index is 0.0370. The van der Waals surface area contributed by atoms with Gasteiger partial charge >= 0.3 is 0 Å². The number of amides is 1. The summed E-state index contributed by atoms with van der Waals surface area (Å²) < 4.78 is 5.15. The Morgan fingerprint density at radius 2 is 2.24 bits per heavy atom. The molecule has 1 amide bonds. The molecule has 1 aromatic carbocycles. The summed E-state index contributed by atoms with van der Waals surface area (Å²) in [7, 11) is 1.56. The third-order valence-corrected chi connectivity index (χ3v) is 4.18. The predicted molar refractivity (Wildman–Crippen MR) is 86.8 cm³/mol. The number of methoxy groups -OCH3 is 1. The quantitative estimate of drug-likeness (QED) is 0.801. The lowest BCUT2D eigenvalue weighted by atomic mass is 10.1. The summed E-state index contributed by atoms with van der Waals surface area (Å²) in [6, 6.07) is 9.14. The summed E-state index contributed by atoms with van der Waals surface area (Å²) in [5.74, 6) is 0.454. The molecule has 2 rings (SSSR count). The second-order valence-corrected chi connectivity index (χ2v) is 5.80. The lowest BCUT2D eigenvalue weighted by Gasteiger charge is -2.17. The van der Waals surface area contributed by atoms with Crippen LogP contribution in [0.15, 0.2) is 35.7 Å². The van der Waals surface area contributed by atoms with E-state index >= 15 is 0 Å². The average Bonchev–Trinajstić information content (AvgIpc) is 3.00. The summed E-state index contributed by atoms with van der Waals surface area (Å²) in [5.41, 5.74) is 6.83. The summed E-state index contributed by atoms with van der Waals surface area (Å²) in [6.45, 7) is 2.11. The molecule has 0 fully saturated rings. The highest BCUT2D eigenvalue weighted by Crippen LogP contribution is 2.24. The first-order valence-corrected chi connectivity index (χ1v) is 7.80. The van der Waals surface area contributed by atoms with Gasteiger partial charge in [0, 0.05) is 22.2 Å². The van der Waals surface area contributed by atoms with Crippen LogP contribution in [0.2, 0.25) is 0 Å². The Labute approximate surface area is 128 Å². The molecule has 1 atom stereocenters. The van der Waals surface area contributed by atoms with Crippen LogP contribution in [0.1, 0.15) is 41.0 Å². The average molecular weight is 304 g/mol. The molecule has 0 aliphatic rings. The molecule has 1 aromatic heterocycles. The first kappa shape index (κ1) is 15.4. The zero-order chi connectivity index (χ0) is 15.2. The third-order valence-electron chi connectivity index (χ3n) is 3.20. The number of benzene rings is 1. The van der Waals surface area contributed by atoms with Crippen LogP contribution in [0.3, 0.4) is 0 Å². The van der Waals surface area contributed by atoms with Crippen LogP contribution in [-0.4, -0.2) is 13.0 Å². The molecule has 2 aromatic rings. The van der Waals surface area contributed by atoms with Gasteiger partial charge in [-0.15, -0.1) is 11.3 Å². The summed E-state index contributed by atoms with van der Waals surface area (Å²) in [6.07, 6.45) is 1.91. The molecule has 0 bridgehead atoms. The Balaban J connectivity index is 2.17. The standard InChI is InChI=1S/C16H20N2O2S/c1-3-5-14(15-6-4-7-21-15)18-16(19)11-8-12(17)10-13(9-11)20-2/h4,6-10,14H,3,5,17H2,1-2H3,(H,18,19). The maximum atomic E-state index is 12.4. The van der Waals surface area contributed by atoms with Crippen molar-refractivity contribution in [2.24, 2.45) is 0 Å². The molecule has 0 radical (unpaired) electrons. The number of carbonyl (C=O) groups is 1. The summed E-state index contributed by atoms with van der Waals surface area (Å²) in [4.78, 5) is 13.6. The topological polar surface area (TPSA) is 64.4 Å². The van der Waals surface area contributed by atoms with Gasteiger partial charge in [-0.1, -0.05) is 19.4 Å². The fourth-order valence-corrected chi connectivity index (χ4v) is 2.99. The highest BCUT2D eigenvalue weighted by molar-refractivity contribution is 7.10. The number of hydrogen-bond acceptors (Lipinski definition) is 4. The third kappa shape index (κ3) is 3.98. The number of nitrogens with one attached hydrogen (secondary N) is 1. The summed E-state index contributed by atoms with van der Waals surface area (Å²) in [5, 5.41) is 5.10. The van der Waals surface area contributed by atoms with Gasteiger partial charge in [0.2, 0.25) is 0 Å². The number of thiophene rings is 1. The molecular weight excluding hydrogens is 284 g/mol. The van der Waals surface area contributed by atoms with Crippen molar-refractivity contribution < 1.29 is 9.53 Å². The fraction of sp³-hybridized carbons (Fsp3) is 0.312. The monoisotopic (exact) mass is 304 g/mol. The molecule has 0 saturated carbocycles. The van der Waals surface area contributed by atoms with Crippen molar-refractivity contribution in [1.82, 2.24) is 5.32 Å². The number of hydrogen-bond donors (Lipinski definition) is 2. The molecule has 4 nitrogen and oxygen atoms in total. The number of nitrogen functional groups attached to an aromatic ring is 1. The molecule has 1 heterocycles. The number of anilines is 1. The van der Waals surface area contributed by atoms with Crippen molar-refractivity contribution in [2.75, 3.05) is 12.8 Å². The van der Waals surface area contributed by atoms with Crippen molar-refractivity contribution in [3.63, 3.8) is 0 Å². The number of ether oxygens (including phenoxy) is 1. The molecule has 3 N–H and O–H groups in total. The van der Waals surface area contributed by atoms with Gasteiger partial charge in [-0.3, -0.25) is 4.79 Å². The zero-order valence-corrected chi connectivity index (χ0v) is 13.1. The normalized spacial score (nSPS) is 11.9. The van der Waals surface area contributed by atoms with Crippen LogP contribution in [0.4, 0.5) is 5.69 Å². The van der Waals surface area contributed by atoms with Gasteiger partial charge in [-0.25, -0.2) is 0 Å². The van der Waals surface area contributed by atoms with Gasteiger partial charge in [0.25, 0.3) is 5.91 Å². The number of rotatable bonds is 6. The van der Waals surface area contributed by atoms with Gasteiger partial charge in [-0.05, 0) is 30.0 Å². The SMILES string of the molecule is CCCC(NC(=O)c1cc(N)cc(OC)c1)c1cccs1. The van der Waals surface area contributed by atoms with Crippen molar-refractivity contribution >= 4 is 22.9 Å². The van der Waals surface area contributed by atoms with Crippen molar-refractivity contribution in [3.05, 3.63) is 46.2 Å². The molecule has 0 aliphatic heterocycles. The van der Waals surface area contributed by atoms with E-state index in [-0.39, 0.29) is 11.9 Å². The van der Waals surface area contributed by atoms with E-state index in [0.717, 1.165) is 12.8 Å². The lowest BCUT2D eigenvalue weighted by Crippen LogP contribution is -2.28. The first-order valence-electron chi connectivity index (χ1n) is 6.93. The van der Waals surface area contributed by atoms with Crippen LogP contribution in [-0.2, 0) is 0 Å². The number of carbonyl (C=O) groups excluding carboxylic acids is 1. The maximum absolute atomic E-state index is 12.4. The number of nitrogens with two attached hydrogens (primary N) is 1. The smallest absolute Gasteiger partial charge is 0.252 e. The van der Waals surface area contributed by atoms with Gasteiger partial charge in [-0.2, -0.15) is 0 Å². The van der Waals surface area contributed by atoms with Crippen LogP contribution in [0.5, 0.6) is 5.75 Å². The molecule has 112 valence electrons. The fourth-order valence-electron chi connectivity index (χ4n) is 2.18. The Morgan fingerprint density at radius 1 is 1.43 bits per heavy atom. The predicted octanol–water partition coefficient (Wildman–Crippen LogP) is 3.61. The first-order chi connectivity index (χ1) is 10.1. The molecule has 1 unspecified atom stereocenters. The van der Waals surface area contributed by atoms with E-state index < -0.39 is 0 Å². The highest BCUT2D eigenvalue weighted by atomic mass is 32.1. The molecule has 21 heavy (non-hydrogen) atoms. The van der Waals surface area contributed by atoms with Gasteiger partial charge in [0.1, 0.15) is 5.75 Å². The summed E-state index contributed by atoms with van der Waals surface area (Å²) >= 11 is 1.65. The van der Waals surface area contributed by atoms with Crippen LogP contribution in [0, 0.1) is 0 Å². The van der Waals surface area contributed by atoms with E-state index in [1.165, 1.54) is 4.88 Å². The van der Waals surface area contributed by atoms with E-state index in [2.05, 4.69) is 12.2 Å². The molecule has 0 spiro atoms. The van der Waals surface area contributed by atoms with Crippen molar-refractivity contribution in [1.29, 1.82) is 0 Å². The Morgan fingerprint density at radius 3 is 2.86 bits per heavy atom. The Kier molecular flexibility index (Phi) is 5.22. The van der Waals surface area contributed by atoms with E-state index in [9.17, 15) is 4.79 Å². The molecular formula is C16H20N2O2S. The maximum Gasteiger partial charge on any atom is 0.252 e. The van der Waals surface area contributed by atoms with Crippen molar-refractivity contribution in [3.8, 4) is 5.75 Å². The van der Waals surface area contributed by atoms with Gasteiger partial charge < -0.3 is 15.8 Å². The molecule has 0 saturated heterocycles. The molecule has 0 aliphatic carbocycles. The van der Waals surface area contributed by atoms with E-state index in [0.29, 0.717) is 17.0 Å². The minimum Gasteiger partial charge on any atom is -0.497 e. The minimum atomic E-state index is -0.132. The lowest BCUT2D eigenvalue weighted by molar-refractivity contribution is 0.0935. The van der Waals surface area contributed by atoms with Crippen LogP contribution >= 0.6 is 11.3 Å². The van der Waals surface area contributed by atoms with E-state index in [4.69, 9.17) is 10.5 Å². The van der Waals surface area contributed by atoms with Crippen LogP contribution < -0.4 is 15.8 Å². The van der Waals surface area contributed by atoms with Crippen molar-refractivity contribution in [2.45, 2.75) is 25.8 Å². The van der Waals surface area contributed by atoms with Crippen LogP contribution in [0.25, 0.3) is 0 Å². The zero-order valence-electron chi connectivity index (χ0n) is 12.3. The Bertz CT molecular complexity index is 596. The van der Waals surface area contributed by atoms with E-state index in [1.807, 2.05) is 17.5 Å². The second kappa shape index (κ2) is 7.13. The van der Waals surface area contributed by atoms with E-state index in [1.54, 1.807) is 36.6 Å². The van der Waals surface area contributed by atoms with Gasteiger partial charge in [0.05, 0.1) is 13.2 Å². The van der Waals surface area contributed by atoms with Gasteiger partial charge in [0.15, 0.2) is 0 Å². The highest BCUT2D eigenvalue weighted by Gasteiger charge is 2.16. The Hall–Kier alpha value is -2.01.